The summed E-state index contributed by atoms with van der Waals surface area (Å²) >= 11 is 0. The Labute approximate surface area is 98.9 Å². The van der Waals surface area contributed by atoms with E-state index in [2.05, 4.69) is 42.9 Å². The van der Waals surface area contributed by atoms with E-state index in [-0.39, 0.29) is 9.52 Å². The van der Waals surface area contributed by atoms with E-state index in [1.165, 1.54) is 10.8 Å². The van der Waals surface area contributed by atoms with E-state index >= 15 is 0 Å². The molecule has 0 radical (unpaired) electrons. The summed E-state index contributed by atoms with van der Waals surface area (Å²) in [6, 6.07) is 18.7. The normalized spacial score (nSPS) is 10.8. The molecule has 0 aromatic heterocycles. The van der Waals surface area contributed by atoms with Gasteiger partial charge in [-0.1, -0.05) is 54.2 Å². The van der Waals surface area contributed by atoms with Crippen molar-refractivity contribution in [2.24, 2.45) is 0 Å². The van der Waals surface area contributed by atoms with Crippen LogP contribution in [0.15, 0.2) is 54.6 Å². The van der Waals surface area contributed by atoms with Crippen molar-refractivity contribution in [1.29, 1.82) is 0 Å². The first-order valence-electron chi connectivity index (χ1n) is 5.64. The van der Waals surface area contributed by atoms with Crippen molar-refractivity contribution in [2.45, 2.75) is 13.2 Å². The van der Waals surface area contributed by atoms with Crippen molar-refractivity contribution < 1.29 is 4.74 Å². The molecule has 0 saturated carbocycles. The van der Waals surface area contributed by atoms with Crippen molar-refractivity contribution in [3.05, 3.63) is 60.2 Å². The minimum atomic E-state index is -0.0449. The van der Waals surface area contributed by atoms with Crippen LogP contribution in [-0.4, -0.2) is 9.52 Å². The van der Waals surface area contributed by atoms with Gasteiger partial charge >= 0.3 is 0 Å². The van der Waals surface area contributed by atoms with Crippen molar-refractivity contribution in [2.75, 3.05) is 0 Å². The third kappa shape index (κ3) is 2.97. The highest BCUT2D eigenvalue weighted by Gasteiger charge is 1.95. The van der Waals surface area contributed by atoms with Gasteiger partial charge in [0, 0.05) is 0 Å². The summed E-state index contributed by atoms with van der Waals surface area (Å²) in [5.74, 6) is 0.954. The van der Waals surface area contributed by atoms with Crippen molar-refractivity contribution in [1.82, 2.24) is 0 Å². The average Bonchev–Trinajstić information content (AvgIpc) is 2.38. The van der Waals surface area contributed by atoms with Crippen LogP contribution in [0.4, 0.5) is 0 Å². The Morgan fingerprint density at radius 3 is 2.25 bits per heavy atom. The molecule has 2 aromatic carbocycles. The van der Waals surface area contributed by atoms with Gasteiger partial charge in [0.15, 0.2) is 0 Å². The zero-order chi connectivity index (χ0) is 11.2. The van der Waals surface area contributed by atoms with Gasteiger partial charge in [-0.25, -0.2) is 0 Å². The predicted octanol–water partition coefficient (Wildman–Crippen LogP) is 2.11. The molecular weight excluding hydrogens is 212 g/mol. The zero-order valence-corrected chi connectivity index (χ0v) is 10.9. The summed E-state index contributed by atoms with van der Waals surface area (Å²) in [4.78, 5) is 0. The molecule has 0 unspecified atom stereocenters. The molecule has 0 heterocycles. The molecule has 0 bridgehead atoms. The summed E-state index contributed by atoms with van der Waals surface area (Å²) in [6.45, 7) is 2.93. The van der Waals surface area contributed by atoms with Crippen LogP contribution >= 0.6 is 0 Å². The van der Waals surface area contributed by atoms with Crippen LogP contribution in [0.25, 0.3) is 0 Å². The fourth-order valence-corrected chi connectivity index (χ4v) is 2.27. The summed E-state index contributed by atoms with van der Waals surface area (Å²) in [7, 11) is -0.0449. The topological polar surface area (TPSA) is 9.23 Å². The number of rotatable bonds is 4. The molecule has 0 amide bonds. The molecule has 0 saturated heterocycles. The predicted molar refractivity (Wildman–Crippen MR) is 71.3 cm³/mol. The Morgan fingerprint density at radius 1 is 0.938 bits per heavy atom. The maximum atomic E-state index is 5.71. The lowest BCUT2D eigenvalue weighted by Crippen LogP contribution is -2.09. The molecule has 0 atom stereocenters. The summed E-state index contributed by atoms with van der Waals surface area (Å²) < 4.78 is 5.71. The Hall–Kier alpha value is -1.54. The van der Waals surface area contributed by atoms with Gasteiger partial charge in [0.1, 0.15) is 12.4 Å². The first-order valence-corrected chi connectivity index (χ1v) is 7.76. The van der Waals surface area contributed by atoms with E-state index in [1.807, 2.05) is 18.2 Å². The van der Waals surface area contributed by atoms with Crippen LogP contribution in [0.1, 0.15) is 5.56 Å². The minimum absolute atomic E-state index is 0.0449. The van der Waals surface area contributed by atoms with E-state index in [0.29, 0.717) is 6.61 Å². The van der Waals surface area contributed by atoms with Crippen LogP contribution in [-0.2, 0) is 6.61 Å². The van der Waals surface area contributed by atoms with Gasteiger partial charge in [-0.3, -0.25) is 0 Å². The van der Waals surface area contributed by atoms with Gasteiger partial charge in [0.05, 0.1) is 9.52 Å². The molecule has 0 aliphatic carbocycles. The fraction of sp³-hybridized carbons (Fsp3) is 0.143. The standard InChI is InChI=1S/C14H16OSi/c1-16-14-9-7-13(8-10-14)15-11-12-5-3-2-4-6-12/h2-10H,11,16H2,1H3. The highest BCUT2D eigenvalue weighted by atomic mass is 28.2. The summed E-state index contributed by atoms with van der Waals surface area (Å²) in [6.07, 6.45) is 0. The maximum Gasteiger partial charge on any atom is 0.119 e. The summed E-state index contributed by atoms with van der Waals surface area (Å²) in [5, 5.41) is 1.48. The molecule has 1 nitrogen and oxygen atoms in total. The monoisotopic (exact) mass is 228 g/mol. The molecule has 16 heavy (non-hydrogen) atoms. The van der Waals surface area contributed by atoms with Crippen LogP contribution < -0.4 is 9.92 Å². The quantitative estimate of drug-likeness (QED) is 0.728. The lowest BCUT2D eigenvalue weighted by atomic mass is 10.2. The van der Waals surface area contributed by atoms with Crippen LogP contribution in [0.2, 0.25) is 6.55 Å². The van der Waals surface area contributed by atoms with Crippen LogP contribution in [0, 0.1) is 0 Å². The molecule has 0 N–H and O–H groups in total. The number of hydrogen-bond acceptors (Lipinski definition) is 1. The van der Waals surface area contributed by atoms with Gasteiger partial charge < -0.3 is 4.74 Å². The van der Waals surface area contributed by atoms with E-state index in [0.717, 1.165) is 5.75 Å². The molecule has 0 spiro atoms. The Balaban J connectivity index is 1.94. The SMILES string of the molecule is C[SiH2]c1ccc(OCc2ccccc2)cc1. The van der Waals surface area contributed by atoms with Gasteiger partial charge in [0.2, 0.25) is 0 Å². The molecule has 0 aliphatic rings. The summed E-state index contributed by atoms with van der Waals surface area (Å²) in [5.41, 5.74) is 1.21. The third-order valence-corrected chi connectivity index (χ3v) is 3.87. The number of benzene rings is 2. The lowest BCUT2D eigenvalue weighted by molar-refractivity contribution is 0.306. The molecule has 0 fully saturated rings. The van der Waals surface area contributed by atoms with Gasteiger partial charge in [-0.2, -0.15) is 0 Å². The number of ether oxygens (including phenoxy) is 1. The van der Waals surface area contributed by atoms with Gasteiger partial charge in [-0.05, 0) is 17.7 Å². The van der Waals surface area contributed by atoms with Crippen LogP contribution in [0.5, 0.6) is 5.75 Å². The third-order valence-electron chi connectivity index (χ3n) is 2.58. The second kappa shape index (κ2) is 5.52. The Morgan fingerprint density at radius 2 is 1.62 bits per heavy atom. The highest BCUT2D eigenvalue weighted by molar-refractivity contribution is 6.51. The fourth-order valence-electron chi connectivity index (χ4n) is 1.56. The average molecular weight is 228 g/mol. The van der Waals surface area contributed by atoms with Gasteiger partial charge in [0.25, 0.3) is 0 Å². The Bertz CT molecular complexity index is 422. The molecule has 2 aromatic rings. The zero-order valence-electron chi connectivity index (χ0n) is 9.52. The molecular formula is C14H16OSi. The molecule has 2 heteroatoms. The first-order chi connectivity index (χ1) is 7.88. The first kappa shape index (κ1) is 11.0. The number of hydrogen-bond donors (Lipinski definition) is 0. The minimum Gasteiger partial charge on any atom is -0.489 e. The van der Waals surface area contributed by atoms with Crippen molar-refractivity contribution in [3.8, 4) is 5.75 Å². The molecule has 0 aliphatic heterocycles. The lowest BCUT2D eigenvalue weighted by Gasteiger charge is -2.06. The van der Waals surface area contributed by atoms with Crippen LogP contribution in [0.3, 0.4) is 0 Å². The molecule has 2 rings (SSSR count). The highest BCUT2D eigenvalue weighted by Crippen LogP contribution is 2.10. The van der Waals surface area contributed by atoms with E-state index in [4.69, 9.17) is 4.74 Å². The Kier molecular flexibility index (Phi) is 3.78. The maximum absolute atomic E-state index is 5.71. The smallest absolute Gasteiger partial charge is 0.119 e. The van der Waals surface area contributed by atoms with Gasteiger partial charge in [-0.15, -0.1) is 0 Å². The van der Waals surface area contributed by atoms with E-state index in [1.54, 1.807) is 0 Å². The van der Waals surface area contributed by atoms with E-state index in [9.17, 15) is 0 Å². The van der Waals surface area contributed by atoms with Crippen molar-refractivity contribution in [3.63, 3.8) is 0 Å². The molecule has 82 valence electrons. The van der Waals surface area contributed by atoms with E-state index < -0.39 is 0 Å². The second-order valence-corrected chi connectivity index (χ2v) is 5.30. The van der Waals surface area contributed by atoms with Crippen molar-refractivity contribution >= 4 is 14.7 Å². The largest absolute Gasteiger partial charge is 0.489 e. The second-order valence-electron chi connectivity index (χ2n) is 3.77.